The van der Waals surface area contributed by atoms with E-state index in [0.29, 0.717) is 11.5 Å². The monoisotopic (exact) mass is 362 g/mol. The molecule has 0 saturated carbocycles. The number of rotatable bonds is 6. The molecule has 5 nitrogen and oxygen atoms in total. The van der Waals surface area contributed by atoms with Gasteiger partial charge < -0.3 is 14.2 Å². The third kappa shape index (κ3) is 5.19. The lowest BCUT2D eigenvalue weighted by atomic mass is 10.1. The molecule has 0 saturated heterocycles. The fraction of sp³-hybridized carbons (Fsp3) is 0.0909. The molecule has 0 aliphatic heterocycles. The minimum Gasteiger partial charge on any atom is -0.497 e. The first kappa shape index (κ1) is 18.2. The van der Waals surface area contributed by atoms with Gasteiger partial charge in [0.1, 0.15) is 18.1 Å². The number of benzene rings is 3. The largest absolute Gasteiger partial charge is 0.497 e. The molecule has 0 bridgehead atoms. The highest BCUT2D eigenvalue weighted by Gasteiger charge is 2.04. The standard InChI is InChI=1S/C22H18O5/c1-25-19-8-10-20(11-9-19)27-22(24)13-12-21(23)26-15-16-6-7-17-4-2-3-5-18(17)14-16/h2-14H,15H2,1H3/b13-12+. The van der Waals surface area contributed by atoms with Gasteiger partial charge in [-0.25, -0.2) is 9.59 Å². The SMILES string of the molecule is COc1ccc(OC(=O)/C=C/C(=O)OCc2ccc3ccccc3c2)cc1. The zero-order chi connectivity index (χ0) is 19.1. The summed E-state index contributed by atoms with van der Waals surface area (Å²) >= 11 is 0. The minimum absolute atomic E-state index is 0.127. The van der Waals surface area contributed by atoms with E-state index in [1.807, 2.05) is 42.5 Å². The van der Waals surface area contributed by atoms with Gasteiger partial charge in [0.05, 0.1) is 7.11 Å². The molecule has 27 heavy (non-hydrogen) atoms. The lowest BCUT2D eigenvalue weighted by molar-refractivity contribution is -0.139. The fourth-order valence-corrected chi connectivity index (χ4v) is 2.46. The second-order valence-corrected chi connectivity index (χ2v) is 5.72. The quantitative estimate of drug-likeness (QED) is 0.376. The number of hydrogen-bond acceptors (Lipinski definition) is 5. The molecular weight excluding hydrogens is 344 g/mol. The topological polar surface area (TPSA) is 61.8 Å². The highest BCUT2D eigenvalue weighted by Crippen LogP contribution is 2.17. The van der Waals surface area contributed by atoms with Crippen LogP contribution in [0.2, 0.25) is 0 Å². The molecule has 0 radical (unpaired) electrons. The molecule has 0 aliphatic carbocycles. The van der Waals surface area contributed by atoms with Gasteiger partial charge >= 0.3 is 11.9 Å². The van der Waals surface area contributed by atoms with Gasteiger partial charge in [-0.15, -0.1) is 0 Å². The lowest BCUT2D eigenvalue weighted by Crippen LogP contribution is -2.06. The van der Waals surface area contributed by atoms with E-state index in [9.17, 15) is 9.59 Å². The summed E-state index contributed by atoms with van der Waals surface area (Å²) in [4.78, 5) is 23.5. The number of fused-ring (bicyclic) bond motifs is 1. The Balaban J connectivity index is 1.50. The first-order valence-corrected chi connectivity index (χ1v) is 8.32. The van der Waals surface area contributed by atoms with Crippen LogP contribution in [0.4, 0.5) is 0 Å². The van der Waals surface area contributed by atoms with Crippen LogP contribution < -0.4 is 9.47 Å². The molecule has 136 valence electrons. The Kier molecular flexibility index (Phi) is 5.84. The van der Waals surface area contributed by atoms with Crippen molar-refractivity contribution in [2.24, 2.45) is 0 Å². The van der Waals surface area contributed by atoms with Crippen molar-refractivity contribution in [1.82, 2.24) is 0 Å². The van der Waals surface area contributed by atoms with Gasteiger partial charge in [-0.3, -0.25) is 0 Å². The van der Waals surface area contributed by atoms with Crippen molar-refractivity contribution in [3.8, 4) is 11.5 Å². The molecule has 0 aliphatic rings. The zero-order valence-corrected chi connectivity index (χ0v) is 14.8. The van der Waals surface area contributed by atoms with E-state index in [1.165, 1.54) is 0 Å². The molecule has 3 rings (SSSR count). The number of methoxy groups -OCH3 is 1. The van der Waals surface area contributed by atoms with Gasteiger partial charge in [0.2, 0.25) is 0 Å². The van der Waals surface area contributed by atoms with Crippen molar-refractivity contribution >= 4 is 22.7 Å². The van der Waals surface area contributed by atoms with Crippen LogP contribution in [0.25, 0.3) is 10.8 Å². The van der Waals surface area contributed by atoms with E-state index < -0.39 is 11.9 Å². The number of hydrogen-bond donors (Lipinski definition) is 0. The number of ether oxygens (including phenoxy) is 3. The van der Waals surface area contributed by atoms with Crippen molar-refractivity contribution in [1.29, 1.82) is 0 Å². The fourth-order valence-electron chi connectivity index (χ4n) is 2.46. The first-order valence-electron chi connectivity index (χ1n) is 8.32. The average molecular weight is 362 g/mol. The van der Waals surface area contributed by atoms with E-state index in [1.54, 1.807) is 31.4 Å². The Labute approximate surface area is 156 Å². The smallest absolute Gasteiger partial charge is 0.336 e. The highest BCUT2D eigenvalue weighted by molar-refractivity contribution is 5.92. The Morgan fingerprint density at radius 3 is 2.22 bits per heavy atom. The summed E-state index contributed by atoms with van der Waals surface area (Å²) in [5.41, 5.74) is 0.872. The molecule has 3 aromatic carbocycles. The summed E-state index contributed by atoms with van der Waals surface area (Å²) < 4.78 is 15.3. The molecule has 3 aromatic rings. The molecule has 0 unspecified atom stereocenters. The van der Waals surface area contributed by atoms with Crippen LogP contribution in [0.15, 0.2) is 78.9 Å². The second kappa shape index (κ2) is 8.67. The van der Waals surface area contributed by atoms with E-state index >= 15 is 0 Å². The van der Waals surface area contributed by atoms with E-state index in [0.717, 1.165) is 28.5 Å². The Bertz CT molecular complexity index is 973. The van der Waals surface area contributed by atoms with Gasteiger partial charge in [-0.1, -0.05) is 36.4 Å². The molecule has 0 fully saturated rings. The highest BCUT2D eigenvalue weighted by atomic mass is 16.5. The maximum atomic E-state index is 11.8. The Morgan fingerprint density at radius 1 is 0.815 bits per heavy atom. The van der Waals surface area contributed by atoms with Gasteiger partial charge in [0, 0.05) is 12.2 Å². The third-order valence-electron chi connectivity index (χ3n) is 3.83. The van der Waals surface area contributed by atoms with Gasteiger partial charge in [0.15, 0.2) is 0 Å². The summed E-state index contributed by atoms with van der Waals surface area (Å²) in [5, 5.41) is 2.19. The maximum absolute atomic E-state index is 11.8. The van der Waals surface area contributed by atoms with Crippen LogP contribution >= 0.6 is 0 Å². The van der Waals surface area contributed by atoms with Crippen molar-refractivity contribution in [3.63, 3.8) is 0 Å². The van der Waals surface area contributed by atoms with Crippen LogP contribution in [0.3, 0.4) is 0 Å². The summed E-state index contributed by atoms with van der Waals surface area (Å²) in [6, 6.07) is 20.3. The normalized spacial score (nSPS) is 10.7. The maximum Gasteiger partial charge on any atom is 0.336 e. The molecule has 5 heteroatoms. The van der Waals surface area contributed by atoms with Crippen molar-refractivity contribution in [2.75, 3.05) is 7.11 Å². The first-order chi connectivity index (χ1) is 13.1. The predicted molar refractivity (Wildman–Crippen MR) is 102 cm³/mol. The molecular formula is C22H18O5. The summed E-state index contributed by atoms with van der Waals surface area (Å²) in [6.07, 6.45) is 2.08. The van der Waals surface area contributed by atoms with E-state index in [-0.39, 0.29) is 6.61 Å². The van der Waals surface area contributed by atoms with E-state index in [2.05, 4.69) is 0 Å². The molecule has 0 atom stereocenters. The number of carbonyl (C=O) groups is 2. The summed E-state index contributed by atoms with van der Waals surface area (Å²) in [5.74, 6) is -0.268. The van der Waals surface area contributed by atoms with Crippen molar-refractivity contribution in [2.45, 2.75) is 6.61 Å². The Morgan fingerprint density at radius 2 is 1.48 bits per heavy atom. The van der Waals surface area contributed by atoms with Crippen molar-refractivity contribution < 1.29 is 23.8 Å². The van der Waals surface area contributed by atoms with Gasteiger partial charge in [-0.05, 0) is 46.7 Å². The zero-order valence-electron chi connectivity index (χ0n) is 14.8. The number of esters is 2. The molecule has 0 amide bonds. The van der Waals surface area contributed by atoms with Crippen LogP contribution in [-0.4, -0.2) is 19.0 Å². The summed E-state index contributed by atoms with van der Waals surface area (Å²) in [7, 11) is 1.55. The van der Waals surface area contributed by atoms with Crippen LogP contribution in [0.1, 0.15) is 5.56 Å². The second-order valence-electron chi connectivity index (χ2n) is 5.72. The molecule has 0 spiro atoms. The third-order valence-corrected chi connectivity index (χ3v) is 3.83. The molecule has 0 heterocycles. The molecule has 0 N–H and O–H groups in total. The Hall–Kier alpha value is -3.60. The molecule has 0 aromatic heterocycles. The van der Waals surface area contributed by atoms with Gasteiger partial charge in [-0.2, -0.15) is 0 Å². The summed E-state index contributed by atoms with van der Waals surface area (Å²) in [6.45, 7) is 0.127. The van der Waals surface area contributed by atoms with Crippen LogP contribution in [-0.2, 0) is 20.9 Å². The van der Waals surface area contributed by atoms with Crippen LogP contribution in [0.5, 0.6) is 11.5 Å². The van der Waals surface area contributed by atoms with Crippen LogP contribution in [0, 0.1) is 0 Å². The van der Waals surface area contributed by atoms with E-state index in [4.69, 9.17) is 14.2 Å². The van der Waals surface area contributed by atoms with Gasteiger partial charge in [0.25, 0.3) is 0 Å². The average Bonchev–Trinajstić information content (AvgIpc) is 2.71. The minimum atomic E-state index is -0.664. The number of carbonyl (C=O) groups excluding carboxylic acids is 2. The lowest BCUT2D eigenvalue weighted by Gasteiger charge is -2.05. The predicted octanol–water partition coefficient (Wildman–Crippen LogP) is 4.05. The van der Waals surface area contributed by atoms with Crippen molar-refractivity contribution in [3.05, 3.63) is 84.4 Å².